The fourth-order valence-electron chi connectivity index (χ4n) is 1.82. The second kappa shape index (κ2) is 13.3. The predicted molar refractivity (Wildman–Crippen MR) is 113 cm³/mol. The van der Waals surface area contributed by atoms with Gasteiger partial charge in [-0.3, -0.25) is 10.1 Å². The lowest BCUT2D eigenvalue weighted by atomic mass is 10.1. The van der Waals surface area contributed by atoms with Crippen LogP contribution in [0, 0.1) is 16.0 Å². The molecule has 0 aliphatic heterocycles. The van der Waals surface area contributed by atoms with Crippen LogP contribution >= 0.6 is 35.7 Å². The second-order valence-corrected chi connectivity index (χ2v) is 6.60. The summed E-state index contributed by atoms with van der Waals surface area (Å²) in [5.74, 6) is 2.45. The van der Waals surface area contributed by atoms with E-state index in [1.165, 1.54) is 12.1 Å². The SMILES string of the molecule is CSCCNC(=NCc1ccc([N+](=O)[O-])cc1)NCCC(C)C.I. The molecule has 0 aromatic heterocycles. The number of halogens is 1. The number of guanidine groups is 1. The zero-order valence-corrected chi connectivity index (χ0v) is 17.6. The molecule has 0 unspecified atom stereocenters. The van der Waals surface area contributed by atoms with E-state index in [9.17, 15) is 10.1 Å². The van der Waals surface area contributed by atoms with Gasteiger partial charge in [0, 0.05) is 31.0 Å². The van der Waals surface area contributed by atoms with Crippen molar-refractivity contribution in [1.29, 1.82) is 0 Å². The average Bonchev–Trinajstić information content (AvgIpc) is 2.52. The monoisotopic (exact) mass is 466 g/mol. The largest absolute Gasteiger partial charge is 0.356 e. The van der Waals surface area contributed by atoms with Gasteiger partial charge in [-0.15, -0.1) is 24.0 Å². The molecule has 24 heavy (non-hydrogen) atoms. The van der Waals surface area contributed by atoms with E-state index in [0.717, 1.165) is 36.8 Å². The summed E-state index contributed by atoms with van der Waals surface area (Å²) in [4.78, 5) is 14.8. The molecule has 0 amide bonds. The molecule has 0 aliphatic carbocycles. The van der Waals surface area contributed by atoms with Crippen molar-refractivity contribution in [3.63, 3.8) is 0 Å². The maximum atomic E-state index is 10.7. The molecule has 0 spiro atoms. The van der Waals surface area contributed by atoms with E-state index in [1.54, 1.807) is 23.9 Å². The first-order chi connectivity index (χ1) is 11.0. The first-order valence-electron chi connectivity index (χ1n) is 7.77. The van der Waals surface area contributed by atoms with Crippen LogP contribution in [0.5, 0.6) is 0 Å². The molecule has 2 N–H and O–H groups in total. The van der Waals surface area contributed by atoms with Gasteiger partial charge in [0.25, 0.3) is 5.69 Å². The highest BCUT2D eigenvalue weighted by Gasteiger charge is 2.04. The van der Waals surface area contributed by atoms with E-state index in [0.29, 0.717) is 12.5 Å². The maximum absolute atomic E-state index is 10.7. The smallest absolute Gasteiger partial charge is 0.269 e. The van der Waals surface area contributed by atoms with Crippen LogP contribution in [0.2, 0.25) is 0 Å². The maximum Gasteiger partial charge on any atom is 0.269 e. The molecule has 0 atom stereocenters. The van der Waals surface area contributed by atoms with Gasteiger partial charge < -0.3 is 10.6 Å². The van der Waals surface area contributed by atoms with E-state index >= 15 is 0 Å². The van der Waals surface area contributed by atoms with Crippen molar-refractivity contribution >= 4 is 47.4 Å². The van der Waals surface area contributed by atoms with Gasteiger partial charge in [0.15, 0.2) is 5.96 Å². The Labute approximate surface area is 165 Å². The molecule has 8 heteroatoms. The Balaban J connectivity index is 0.00000529. The quantitative estimate of drug-likeness (QED) is 0.145. The molecule has 0 heterocycles. The van der Waals surface area contributed by atoms with Crippen LogP contribution in [0.25, 0.3) is 0 Å². The number of rotatable bonds is 9. The van der Waals surface area contributed by atoms with Gasteiger partial charge >= 0.3 is 0 Å². The number of nitro groups is 1. The highest BCUT2D eigenvalue weighted by molar-refractivity contribution is 14.0. The fraction of sp³-hybridized carbons (Fsp3) is 0.562. The zero-order chi connectivity index (χ0) is 17.1. The van der Waals surface area contributed by atoms with Crippen molar-refractivity contribution in [3.05, 3.63) is 39.9 Å². The van der Waals surface area contributed by atoms with Crippen LogP contribution in [0.1, 0.15) is 25.8 Å². The lowest BCUT2D eigenvalue weighted by molar-refractivity contribution is -0.384. The van der Waals surface area contributed by atoms with Gasteiger partial charge in [0.2, 0.25) is 0 Å². The fourth-order valence-corrected chi connectivity index (χ4v) is 2.12. The normalized spacial score (nSPS) is 11.1. The molecule has 0 aliphatic rings. The number of nitrogens with one attached hydrogen (secondary N) is 2. The van der Waals surface area contributed by atoms with Crippen LogP contribution in [0.4, 0.5) is 5.69 Å². The predicted octanol–water partition coefficient (Wildman–Crippen LogP) is 3.66. The van der Waals surface area contributed by atoms with E-state index in [-0.39, 0.29) is 29.7 Å². The number of nitrogens with zero attached hydrogens (tertiary/aromatic N) is 2. The summed E-state index contributed by atoms with van der Waals surface area (Å²) in [5.41, 5.74) is 1.05. The Bertz CT molecular complexity index is 509. The summed E-state index contributed by atoms with van der Waals surface area (Å²) in [6.07, 6.45) is 3.16. The number of nitro benzene ring substituents is 1. The average molecular weight is 466 g/mol. The molecule has 6 nitrogen and oxygen atoms in total. The second-order valence-electron chi connectivity index (χ2n) is 5.62. The van der Waals surface area contributed by atoms with Gasteiger partial charge in [-0.05, 0) is 24.2 Å². The van der Waals surface area contributed by atoms with Crippen LogP contribution in [0.15, 0.2) is 29.3 Å². The number of aliphatic imine (C=N–C) groups is 1. The minimum absolute atomic E-state index is 0. The number of hydrogen-bond acceptors (Lipinski definition) is 4. The molecule has 0 saturated carbocycles. The Kier molecular flexibility index (Phi) is 12.7. The first kappa shape index (κ1) is 23.0. The summed E-state index contributed by atoms with van der Waals surface area (Å²) < 4.78 is 0. The van der Waals surface area contributed by atoms with Crippen LogP contribution in [-0.2, 0) is 6.54 Å². The topological polar surface area (TPSA) is 79.6 Å². The standard InChI is InChI=1S/C16H26N4O2S.HI/c1-13(2)8-9-17-16(18-10-11-23-3)19-12-14-4-6-15(7-5-14)20(21)22;/h4-7,13H,8-12H2,1-3H3,(H2,17,18,19);1H. The van der Waals surface area contributed by atoms with E-state index < -0.39 is 4.92 Å². The number of hydrogen-bond donors (Lipinski definition) is 2. The molecule has 0 fully saturated rings. The minimum Gasteiger partial charge on any atom is -0.356 e. The third-order valence-electron chi connectivity index (χ3n) is 3.18. The number of non-ortho nitro benzene ring substituents is 1. The number of thioether (sulfide) groups is 1. The Morgan fingerprint density at radius 1 is 1.25 bits per heavy atom. The van der Waals surface area contributed by atoms with E-state index in [1.807, 2.05) is 0 Å². The molecule has 1 rings (SSSR count). The summed E-state index contributed by atoms with van der Waals surface area (Å²) in [6.45, 7) is 6.61. The van der Waals surface area contributed by atoms with Crippen molar-refractivity contribution in [2.24, 2.45) is 10.9 Å². The van der Waals surface area contributed by atoms with E-state index in [2.05, 4.69) is 35.7 Å². The molecule has 0 bridgehead atoms. The summed E-state index contributed by atoms with van der Waals surface area (Å²) in [5, 5.41) is 17.3. The van der Waals surface area contributed by atoms with Crippen LogP contribution in [0.3, 0.4) is 0 Å². The van der Waals surface area contributed by atoms with E-state index in [4.69, 9.17) is 0 Å². The Morgan fingerprint density at radius 3 is 2.42 bits per heavy atom. The van der Waals surface area contributed by atoms with Gasteiger partial charge in [0.05, 0.1) is 11.5 Å². The molecular weight excluding hydrogens is 439 g/mol. The molecule has 136 valence electrons. The minimum atomic E-state index is -0.393. The van der Waals surface area contributed by atoms with Gasteiger partial charge in [-0.2, -0.15) is 11.8 Å². The third kappa shape index (κ3) is 9.96. The van der Waals surface area contributed by atoms with Crippen molar-refractivity contribution in [1.82, 2.24) is 10.6 Å². The van der Waals surface area contributed by atoms with Crippen LogP contribution < -0.4 is 10.6 Å². The lowest BCUT2D eigenvalue weighted by Crippen LogP contribution is -2.39. The van der Waals surface area contributed by atoms with Crippen molar-refractivity contribution in [2.75, 3.05) is 25.1 Å². The van der Waals surface area contributed by atoms with Gasteiger partial charge in [0.1, 0.15) is 0 Å². The zero-order valence-electron chi connectivity index (χ0n) is 14.4. The summed E-state index contributed by atoms with van der Waals surface area (Å²) >= 11 is 1.78. The third-order valence-corrected chi connectivity index (χ3v) is 3.79. The van der Waals surface area contributed by atoms with Crippen molar-refractivity contribution in [2.45, 2.75) is 26.8 Å². The Hall–Kier alpha value is -1.03. The lowest BCUT2D eigenvalue weighted by Gasteiger charge is -2.13. The molecular formula is C16H27IN4O2S. The highest BCUT2D eigenvalue weighted by atomic mass is 127. The summed E-state index contributed by atoms with van der Waals surface area (Å²) in [7, 11) is 0. The highest BCUT2D eigenvalue weighted by Crippen LogP contribution is 2.12. The summed E-state index contributed by atoms with van der Waals surface area (Å²) in [6, 6.07) is 6.51. The van der Waals surface area contributed by atoms with Crippen molar-refractivity contribution in [3.8, 4) is 0 Å². The molecule has 1 aromatic carbocycles. The molecule has 0 radical (unpaired) electrons. The van der Waals surface area contributed by atoms with Gasteiger partial charge in [-0.25, -0.2) is 4.99 Å². The molecule has 0 saturated heterocycles. The Morgan fingerprint density at radius 2 is 1.88 bits per heavy atom. The number of benzene rings is 1. The van der Waals surface area contributed by atoms with Crippen LogP contribution in [-0.4, -0.2) is 36.0 Å². The van der Waals surface area contributed by atoms with Crippen molar-refractivity contribution < 1.29 is 4.92 Å². The first-order valence-corrected chi connectivity index (χ1v) is 9.16. The molecule has 1 aromatic rings. The van der Waals surface area contributed by atoms with Gasteiger partial charge in [-0.1, -0.05) is 26.0 Å².